The standard InChI is InChI=1S/C16H33N3O/c1-4-17-16(19-15-7-5-6-8-15)18-12-14(9-10-20)11-13(2)3/h13-15,20H,4-12H2,1-3H3,(H2,17,18,19). The summed E-state index contributed by atoms with van der Waals surface area (Å²) in [5, 5.41) is 16.0. The Hall–Kier alpha value is -0.770. The Bertz CT molecular complexity index is 273. The lowest BCUT2D eigenvalue weighted by molar-refractivity contribution is 0.245. The number of hydrogen-bond acceptors (Lipinski definition) is 2. The van der Waals surface area contributed by atoms with Crippen molar-refractivity contribution in [2.24, 2.45) is 16.8 Å². The highest BCUT2D eigenvalue weighted by Crippen LogP contribution is 2.18. The van der Waals surface area contributed by atoms with Gasteiger partial charge in [-0.3, -0.25) is 4.99 Å². The summed E-state index contributed by atoms with van der Waals surface area (Å²) in [6, 6.07) is 0.592. The van der Waals surface area contributed by atoms with E-state index in [1.165, 1.54) is 25.7 Å². The molecule has 20 heavy (non-hydrogen) atoms. The molecule has 0 aliphatic heterocycles. The van der Waals surface area contributed by atoms with Crippen LogP contribution in [0.5, 0.6) is 0 Å². The van der Waals surface area contributed by atoms with E-state index < -0.39 is 0 Å². The van der Waals surface area contributed by atoms with Gasteiger partial charge in [-0.25, -0.2) is 0 Å². The molecule has 1 aliphatic carbocycles. The van der Waals surface area contributed by atoms with Crippen LogP contribution in [0.1, 0.15) is 59.3 Å². The molecule has 1 unspecified atom stereocenters. The molecule has 0 aromatic carbocycles. The fourth-order valence-corrected chi connectivity index (χ4v) is 2.94. The summed E-state index contributed by atoms with van der Waals surface area (Å²) < 4.78 is 0. The molecular weight excluding hydrogens is 250 g/mol. The van der Waals surface area contributed by atoms with E-state index in [0.29, 0.717) is 17.9 Å². The molecule has 0 saturated heterocycles. The number of guanidine groups is 1. The molecule has 3 N–H and O–H groups in total. The molecule has 4 heteroatoms. The first-order valence-corrected chi connectivity index (χ1v) is 8.31. The summed E-state index contributed by atoms with van der Waals surface area (Å²) in [5.41, 5.74) is 0. The molecule has 0 spiro atoms. The number of aliphatic hydroxyl groups is 1. The Morgan fingerprint density at radius 1 is 1.30 bits per heavy atom. The third-order valence-electron chi connectivity index (χ3n) is 3.89. The zero-order chi connectivity index (χ0) is 14.8. The van der Waals surface area contributed by atoms with E-state index in [-0.39, 0.29) is 6.61 Å². The zero-order valence-corrected chi connectivity index (χ0v) is 13.5. The first-order chi connectivity index (χ1) is 9.65. The largest absolute Gasteiger partial charge is 0.396 e. The maximum atomic E-state index is 9.17. The fraction of sp³-hybridized carbons (Fsp3) is 0.938. The number of rotatable bonds is 8. The molecular formula is C16H33N3O. The summed E-state index contributed by atoms with van der Waals surface area (Å²) >= 11 is 0. The molecule has 0 amide bonds. The molecule has 0 bridgehead atoms. The van der Waals surface area contributed by atoms with Crippen molar-refractivity contribution in [1.29, 1.82) is 0 Å². The molecule has 1 saturated carbocycles. The minimum absolute atomic E-state index is 0.263. The van der Waals surface area contributed by atoms with Crippen LogP contribution in [0.15, 0.2) is 4.99 Å². The van der Waals surface area contributed by atoms with Gasteiger partial charge in [0, 0.05) is 25.7 Å². The van der Waals surface area contributed by atoms with Crippen molar-refractivity contribution in [2.75, 3.05) is 19.7 Å². The molecule has 0 aromatic rings. The number of hydrogen-bond donors (Lipinski definition) is 3. The van der Waals surface area contributed by atoms with Gasteiger partial charge in [0.1, 0.15) is 0 Å². The van der Waals surface area contributed by atoms with E-state index in [1.54, 1.807) is 0 Å². The van der Waals surface area contributed by atoms with Crippen LogP contribution in [0.4, 0.5) is 0 Å². The fourth-order valence-electron chi connectivity index (χ4n) is 2.94. The lowest BCUT2D eigenvalue weighted by atomic mass is 9.94. The third-order valence-corrected chi connectivity index (χ3v) is 3.89. The zero-order valence-electron chi connectivity index (χ0n) is 13.5. The molecule has 0 heterocycles. The first kappa shape index (κ1) is 17.3. The van der Waals surface area contributed by atoms with Crippen molar-refractivity contribution < 1.29 is 5.11 Å². The van der Waals surface area contributed by atoms with E-state index >= 15 is 0 Å². The predicted octanol–water partition coefficient (Wildman–Crippen LogP) is 2.53. The van der Waals surface area contributed by atoms with Crippen molar-refractivity contribution in [3.63, 3.8) is 0 Å². The molecule has 1 aliphatic rings. The second kappa shape index (κ2) is 10.0. The van der Waals surface area contributed by atoms with Crippen LogP contribution < -0.4 is 10.6 Å². The summed E-state index contributed by atoms with van der Waals surface area (Å²) in [5.74, 6) is 2.09. The number of nitrogens with zero attached hydrogens (tertiary/aromatic N) is 1. The van der Waals surface area contributed by atoms with Gasteiger partial charge < -0.3 is 15.7 Å². The van der Waals surface area contributed by atoms with Crippen LogP contribution >= 0.6 is 0 Å². The Morgan fingerprint density at radius 2 is 2.00 bits per heavy atom. The van der Waals surface area contributed by atoms with Gasteiger partial charge in [0.25, 0.3) is 0 Å². The van der Waals surface area contributed by atoms with Gasteiger partial charge in [0.2, 0.25) is 0 Å². The van der Waals surface area contributed by atoms with Crippen LogP contribution in [0, 0.1) is 11.8 Å². The lowest BCUT2D eigenvalue weighted by Gasteiger charge is -2.19. The highest BCUT2D eigenvalue weighted by molar-refractivity contribution is 5.80. The first-order valence-electron chi connectivity index (χ1n) is 8.31. The van der Waals surface area contributed by atoms with E-state index in [1.807, 2.05) is 0 Å². The van der Waals surface area contributed by atoms with Crippen LogP contribution in [-0.4, -0.2) is 36.8 Å². The Kier molecular flexibility index (Phi) is 8.67. The summed E-state index contributed by atoms with van der Waals surface area (Å²) in [6.45, 7) is 8.53. The summed E-state index contributed by atoms with van der Waals surface area (Å²) in [4.78, 5) is 4.73. The van der Waals surface area contributed by atoms with Crippen LogP contribution in [-0.2, 0) is 0 Å². The highest BCUT2D eigenvalue weighted by atomic mass is 16.3. The Labute approximate surface area is 124 Å². The molecule has 4 nitrogen and oxygen atoms in total. The van der Waals surface area contributed by atoms with Gasteiger partial charge >= 0.3 is 0 Å². The minimum atomic E-state index is 0.263. The number of aliphatic imine (C=N–C) groups is 1. The highest BCUT2D eigenvalue weighted by Gasteiger charge is 2.16. The maximum Gasteiger partial charge on any atom is 0.191 e. The van der Waals surface area contributed by atoms with Gasteiger partial charge in [-0.1, -0.05) is 26.7 Å². The van der Waals surface area contributed by atoms with E-state index in [9.17, 15) is 0 Å². The van der Waals surface area contributed by atoms with Gasteiger partial charge in [-0.05, 0) is 44.4 Å². The SMILES string of the molecule is CCNC(=NCC(CCO)CC(C)C)NC1CCCC1. The van der Waals surface area contributed by atoms with Crippen molar-refractivity contribution >= 4 is 5.96 Å². The summed E-state index contributed by atoms with van der Waals surface area (Å²) in [6.07, 6.45) is 7.17. The average molecular weight is 283 g/mol. The molecule has 118 valence electrons. The monoisotopic (exact) mass is 283 g/mol. The third kappa shape index (κ3) is 7.13. The van der Waals surface area contributed by atoms with E-state index in [2.05, 4.69) is 31.4 Å². The molecule has 1 atom stereocenters. The van der Waals surface area contributed by atoms with Crippen molar-refractivity contribution in [1.82, 2.24) is 10.6 Å². The smallest absolute Gasteiger partial charge is 0.191 e. The summed E-state index contributed by atoms with van der Waals surface area (Å²) in [7, 11) is 0. The second-order valence-electron chi connectivity index (χ2n) is 6.35. The molecule has 1 fully saturated rings. The quantitative estimate of drug-likeness (QED) is 0.474. The van der Waals surface area contributed by atoms with Crippen LogP contribution in [0.2, 0.25) is 0 Å². The molecule has 0 aromatic heterocycles. The van der Waals surface area contributed by atoms with Crippen LogP contribution in [0.25, 0.3) is 0 Å². The molecule has 1 rings (SSSR count). The van der Waals surface area contributed by atoms with Crippen molar-refractivity contribution in [3.8, 4) is 0 Å². The topological polar surface area (TPSA) is 56.7 Å². The van der Waals surface area contributed by atoms with E-state index in [0.717, 1.165) is 31.9 Å². The number of nitrogens with one attached hydrogen (secondary N) is 2. The Balaban J connectivity index is 2.49. The molecule has 0 radical (unpaired) electrons. The van der Waals surface area contributed by atoms with Gasteiger partial charge in [0.15, 0.2) is 5.96 Å². The van der Waals surface area contributed by atoms with Crippen molar-refractivity contribution in [2.45, 2.75) is 65.3 Å². The van der Waals surface area contributed by atoms with Gasteiger partial charge in [0.05, 0.1) is 0 Å². The van der Waals surface area contributed by atoms with Crippen LogP contribution in [0.3, 0.4) is 0 Å². The Morgan fingerprint density at radius 3 is 2.55 bits per heavy atom. The maximum absolute atomic E-state index is 9.17. The number of aliphatic hydroxyl groups excluding tert-OH is 1. The second-order valence-corrected chi connectivity index (χ2v) is 6.35. The normalized spacial score (nSPS) is 18.6. The lowest BCUT2D eigenvalue weighted by Crippen LogP contribution is -2.42. The predicted molar refractivity (Wildman–Crippen MR) is 86.0 cm³/mol. The van der Waals surface area contributed by atoms with E-state index in [4.69, 9.17) is 10.1 Å². The van der Waals surface area contributed by atoms with Crippen molar-refractivity contribution in [3.05, 3.63) is 0 Å². The average Bonchev–Trinajstić information content (AvgIpc) is 2.88. The minimum Gasteiger partial charge on any atom is -0.396 e. The van der Waals surface area contributed by atoms with Gasteiger partial charge in [-0.15, -0.1) is 0 Å². The van der Waals surface area contributed by atoms with Gasteiger partial charge in [-0.2, -0.15) is 0 Å².